The second kappa shape index (κ2) is 13.2. The lowest BCUT2D eigenvalue weighted by atomic mass is 10.0. The van der Waals surface area contributed by atoms with Crippen LogP contribution in [0.5, 0.6) is 0 Å². The molecule has 1 aliphatic rings. The maximum Gasteiger partial charge on any atom is 0.191 e. The van der Waals surface area contributed by atoms with E-state index in [1.165, 1.54) is 10.9 Å². The number of aryl methyl sites for hydroxylation is 1. The minimum atomic E-state index is -0.214. The molecule has 0 radical (unpaired) electrons. The Labute approximate surface area is 199 Å². The zero-order chi connectivity index (χ0) is 20.5. The predicted molar refractivity (Wildman–Crippen MR) is 131 cm³/mol. The van der Waals surface area contributed by atoms with Crippen LogP contribution < -0.4 is 10.6 Å². The monoisotopic (exact) mass is 547 g/mol. The average Bonchev–Trinajstić information content (AvgIpc) is 3.14. The zero-order valence-electron chi connectivity index (χ0n) is 17.6. The van der Waals surface area contributed by atoms with Crippen LogP contribution >= 0.6 is 35.3 Å². The Balaban J connectivity index is 0.00000320. The number of thiazole rings is 1. The summed E-state index contributed by atoms with van der Waals surface area (Å²) in [5.74, 6) is 0.559. The molecule has 1 unspecified atom stereocenters. The Morgan fingerprint density at radius 2 is 2.13 bits per heavy atom. The quantitative estimate of drug-likeness (QED) is 0.302. The van der Waals surface area contributed by atoms with Gasteiger partial charge in [0.1, 0.15) is 5.82 Å². The Morgan fingerprint density at radius 3 is 2.80 bits per heavy atom. The number of halogens is 2. The van der Waals surface area contributed by atoms with Crippen molar-refractivity contribution in [1.82, 2.24) is 20.5 Å². The highest BCUT2D eigenvalue weighted by Gasteiger charge is 2.23. The minimum Gasteiger partial charge on any atom is -0.379 e. The first-order chi connectivity index (χ1) is 14.2. The molecular weight excluding hydrogens is 516 g/mol. The van der Waals surface area contributed by atoms with Crippen molar-refractivity contribution in [2.24, 2.45) is 4.99 Å². The smallest absolute Gasteiger partial charge is 0.191 e. The van der Waals surface area contributed by atoms with Crippen molar-refractivity contribution in [3.05, 3.63) is 51.7 Å². The number of nitrogens with zero attached hydrogens (tertiary/aromatic N) is 3. The number of hydrogen-bond donors (Lipinski definition) is 2. The van der Waals surface area contributed by atoms with Crippen LogP contribution in [0.4, 0.5) is 4.39 Å². The molecule has 1 fully saturated rings. The largest absolute Gasteiger partial charge is 0.379 e. The van der Waals surface area contributed by atoms with E-state index in [2.05, 4.69) is 27.4 Å². The van der Waals surface area contributed by atoms with Crippen LogP contribution in [0.2, 0.25) is 0 Å². The number of aromatic nitrogens is 1. The van der Waals surface area contributed by atoms with E-state index in [4.69, 9.17) is 9.73 Å². The van der Waals surface area contributed by atoms with Crippen LogP contribution in [0.1, 0.15) is 28.4 Å². The summed E-state index contributed by atoms with van der Waals surface area (Å²) in [6.07, 6.45) is 2.77. The van der Waals surface area contributed by atoms with Gasteiger partial charge in [-0.05, 0) is 31.5 Å². The molecule has 2 heterocycles. The van der Waals surface area contributed by atoms with E-state index < -0.39 is 0 Å². The van der Waals surface area contributed by atoms with Crippen LogP contribution in [0.15, 0.2) is 35.5 Å². The van der Waals surface area contributed by atoms with E-state index in [0.29, 0.717) is 19.8 Å². The first-order valence-electron chi connectivity index (χ1n) is 10.2. The molecule has 166 valence electrons. The Bertz CT molecular complexity index is 797. The average molecular weight is 547 g/mol. The summed E-state index contributed by atoms with van der Waals surface area (Å²) < 4.78 is 19.3. The number of ether oxygens (including phenoxy) is 1. The molecule has 9 heteroatoms. The highest BCUT2D eigenvalue weighted by Crippen LogP contribution is 2.23. The maximum absolute atomic E-state index is 13.8. The van der Waals surface area contributed by atoms with Crippen molar-refractivity contribution in [3.63, 3.8) is 0 Å². The number of aliphatic imine (C=N–C) groups is 1. The molecule has 3 rings (SSSR count). The summed E-state index contributed by atoms with van der Waals surface area (Å²) in [5, 5.41) is 7.81. The number of guanidine groups is 1. The van der Waals surface area contributed by atoms with Gasteiger partial charge in [0.25, 0.3) is 0 Å². The van der Waals surface area contributed by atoms with Gasteiger partial charge in [0.2, 0.25) is 0 Å². The third-order valence-corrected chi connectivity index (χ3v) is 5.76. The van der Waals surface area contributed by atoms with Crippen LogP contribution in [0.25, 0.3) is 0 Å². The minimum absolute atomic E-state index is 0. The molecule has 1 saturated heterocycles. The standard InChI is InChI=1S/C21H30FN5OS.HI/c1-3-23-21(24-8-7-20-25-14-16(2)29-20)26-15-19(27-9-11-28-12-10-27)17-5-4-6-18(22)13-17;/h4-6,13-14,19H,3,7-12,15H2,1-2H3,(H2,23,24,26);1H. The van der Waals surface area contributed by atoms with Crippen molar-refractivity contribution >= 4 is 41.3 Å². The fourth-order valence-corrected chi connectivity index (χ4v) is 4.15. The third-order valence-electron chi connectivity index (χ3n) is 4.79. The van der Waals surface area contributed by atoms with E-state index in [9.17, 15) is 4.39 Å². The van der Waals surface area contributed by atoms with Gasteiger partial charge in [0, 0.05) is 43.7 Å². The van der Waals surface area contributed by atoms with Gasteiger partial charge in [0.15, 0.2) is 5.96 Å². The lowest BCUT2D eigenvalue weighted by Crippen LogP contribution is -2.42. The van der Waals surface area contributed by atoms with Gasteiger partial charge in [-0.25, -0.2) is 9.37 Å². The van der Waals surface area contributed by atoms with Crippen LogP contribution in [-0.4, -0.2) is 61.8 Å². The molecule has 0 amide bonds. The summed E-state index contributed by atoms with van der Waals surface area (Å²) in [6.45, 7) is 9.25. The van der Waals surface area contributed by atoms with Crippen molar-refractivity contribution in [2.75, 3.05) is 45.9 Å². The molecule has 0 bridgehead atoms. The van der Waals surface area contributed by atoms with Crippen LogP contribution in [0, 0.1) is 12.7 Å². The van der Waals surface area contributed by atoms with Crippen LogP contribution in [-0.2, 0) is 11.2 Å². The van der Waals surface area contributed by atoms with Gasteiger partial charge in [-0.2, -0.15) is 0 Å². The second-order valence-electron chi connectivity index (χ2n) is 6.98. The van der Waals surface area contributed by atoms with E-state index in [1.807, 2.05) is 19.2 Å². The topological polar surface area (TPSA) is 61.8 Å². The summed E-state index contributed by atoms with van der Waals surface area (Å²) in [4.78, 5) is 12.8. The zero-order valence-corrected chi connectivity index (χ0v) is 20.7. The van der Waals surface area contributed by atoms with E-state index >= 15 is 0 Å². The Kier molecular flexibility index (Phi) is 11.0. The van der Waals surface area contributed by atoms with Gasteiger partial charge in [-0.15, -0.1) is 35.3 Å². The van der Waals surface area contributed by atoms with Crippen molar-refractivity contribution in [1.29, 1.82) is 0 Å². The molecule has 30 heavy (non-hydrogen) atoms. The predicted octanol–water partition coefficient (Wildman–Crippen LogP) is 3.38. The number of benzene rings is 1. The molecule has 1 aromatic carbocycles. The summed E-state index contributed by atoms with van der Waals surface area (Å²) >= 11 is 1.72. The van der Waals surface area contributed by atoms with Gasteiger partial charge < -0.3 is 15.4 Å². The molecule has 2 aromatic rings. The molecule has 1 aliphatic heterocycles. The maximum atomic E-state index is 13.8. The molecule has 2 N–H and O–H groups in total. The van der Waals surface area contributed by atoms with E-state index in [1.54, 1.807) is 23.5 Å². The number of morpholine rings is 1. The molecular formula is C21H31FIN5OS. The van der Waals surface area contributed by atoms with Gasteiger partial charge in [-0.1, -0.05) is 12.1 Å². The van der Waals surface area contributed by atoms with E-state index in [0.717, 1.165) is 49.1 Å². The molecule has 1 aromatic heterocycles. The fourth-order valence-electron chi connectivity index (χ4n) is 3.36. The molecule has 6 nitrogen and oxygen atoms in total. The van der Waals surface area contributed by atoms with Crippen molar-refractivity contribution < 1.29 is 9.13 Å². The van der Waals surface area contributed by atoms with Crippen LogP contribution in [0.3, 0.4) is 0 Å². The van der Waals surface area contributed by atoms with Crippen molar-refractivity contribution in [2.45, 2.75) is 26.3 Å². The lowest BCUT2D eigenvalue weighted by molar-refractivity contribution is 0.0179. The van der Waals surface area contributed by atoms with Gasteiger partial charge >= 0.3 is 0 Å². The third kappa shape index (κ3) is 7.75. The second-order valence-corrected chi connectivity index (χ2v) is 8.30. The van der Waals surface area contributed by atoms with Crippen molar-refractivity contribution in [3.8, 4) is 0 Å². The highest BCUT2D eigenvalue weighted by molar-refractivity contribution is 14.0. The van der Waals surface area contributed by atoms with Gasteiger partial charge in [0.05, 0.1) is 30.8 Å². The molecule has 0 saturated carbocycles. The Hall–Kier alpha value is -1.30. The summed E-state index contributed by atoms with van der Waals surface area (Å²) in [7, 11) is 0. The van der Waals surface area contributed by atoms with Gasteiger partial charge in [-0.3, -0.25) is 9.89 Å². The van der Waals surface area contributed by atoms with E-state index in [-0.39, 0.29) is 35.8 Å². The summed E-state index contributed by atoms with van der Waals surface area (Å²) in [6, 6.07) is 6.85. The highest BCUT2D eigenvalue weighted by atomic mass is 127. The number of nitrogens with one attached hydrogen (secondary N) is 2. The first kappa shape index (κ1) is 25.0. The number of rotatable bonds is 8. The lowest BCUT2D eigenvalue weighted by Gasteiger charge is -2.34. The summed E-state index contributed by atoms with van der Waals surface area (Å²) in [5.41, 5.74) is 0.949. The molecule has 1 atom stereocenters. The fraction of sp³-hybridized carbons (Fsp3) is 0.524. The normalized spacial score (nSPS) is 16.0. The Morgan fingerprint density at radius 1 is 1.33 bits per heavy atom. The SMILES string of the molecule is CCNC(=NCC(c1cccc(F)c1)N1CCOCC1)NCCc1ncc(C)s1.I. The molecule has 0 spiro atoms. The number of hydrogen-bond acceptors (Lipinski definition) is 5. The molecule has 0 aliphatic carbocycles. The first-order valence-corrected chi connectivity index (χ1v) is 11.0.